The molecule has 0 aromatic heterocycles. The maximum Gasteiger partial charge on any atom is 0.332 e. The summed E-state index contributed by atoms with van der Waals surface area (Å²) in [6.07, 6.45) is 11.0. The fourth-order valence-electron chi connectivity index (χ4n) is 2.58. The van der Waals surface area contributed by atoms with Crippen molar-refractivity contribution in [2.75, 3.05) is 6.54 Å². The summed E-state index contributed by atoms with van der Waals surface area (Å²) >= 11 is 0. The number of fused-ring (bicyclic) bond motifs is 1. The zero-order chi connectivity index (χ0) is 13.8. The molecule has 0 aromatic carbocycles. The van der Waals surface area contributed by atoms with Gasteiger partial charge in [-0.05, 0) is 18.3 Å². The molecule has 2 rings (SSSR count). The van der Waals surface area contributed by atoms with E-state index in [0.717, 1.165) is 12.5 Å². The zero-order valence-electron chi connectivity index (χ0n) is 10.3. The summed E-state index contributed by atoms with van der Waals surface area (Å²) in [6, 6.07) is 0. The van der Waals surface area contributed by atoms with Crippen molar-refractivity contribution >= 4 is 18.2 Å². The van der Waals surface area contributed by atoms with Crippen LogP contribution in [0.3, 0.4) is 0 Å². The SMILES string of the molecule is O=C(O)C=C(C(=O)O)C1C=NCCC2C=CC=CC21. The topological polar surface area (TPSA) is 87.0 Å². The molecule has 1 aliphatic heterocycles. The predicted molar refractivity (Wildman–Crippen MR) is 70.1 cm³/mol. The van der Waals surface area contributed by atoms with Crippen molar-refractivity contribution in [3.63, 3.8) is 0 Å². The molecule has 0 spiro atoms. The van der Waals surface area contributed by atoms with Crippen molar-refractivity contribution in [2.24, 2.45) is 22.7 Å². The molecule has 3 atom stereocenters. The fourth-order valence-corrected chi connectivity index (χ4v) is 2.58. The first kappa shape index (κ1) is 13.3. The Labute approximate surface area is 110 Å². The molecule has 1 heterocycles. The monoisotopic (exact) mass is 261 g/mol. The van der Waals surface area contributed by atoms with Crippen molar-refractivity contribution < 1.29 is 19.8 Å². The number of aliphatic carboxylic acids is 2. The van der Waals surface area contributed by atoms with Gasteiger partial charge in [-0.15, -0.1) is 0 Å². The molecule has 100 valence electrons. The van der Waals surface area contributed by atoms with Crippen LogP contribution in [0.4, 0.5) is 0 Å². The second kappa shape index (κ2) is 5.65. The lowest BCUT2D eigenvalue weighted by atomic mass is 9.75. The van der Waals surface area contributed by atoms with Crippen LogP contribution in [0.2, 0.25) is 0 Å². The van der Waals surface area contributed by atoms with Gasteiger partial charge in [0.05, 0.1) is 5.57 Å². The molecule has 1 aliphatic carbocycles. The van der Waals surface area contributed by atoms with Gasteiger partial charge in [-0.3, -0.25) is 4.99 Å². The third-order valence-electron chi connectivity index (χ3n) is 3.45. The quantitative estimate of drug-likeness (QED) is 0.754. The van der Waals surface area contributed by atoms with E-state index in [4.69, 9.17) is 5.11 Å². The minimum atomic E-state index is -1.25. The molecule has 2 N–H and O–H groups in total. The first-order chi connectivity index (χ1) is 9.09. The predicted octanol–water partition coefficient (Wildman–Crippen LogP) is 1.53. The standard InChI is InChI=1S/C14H15NO4/c16-13(17)7-11(14(18)19)12-8-15-6-5-9-3-1-2-4-10(9)12/h1-4,7-10,12H,5-6H2,(H,16,17)(H,18,19). The summed E-state index contributed by atoms with van der Waals surface area (Å²) in [5.41, 5.74) is -0.117. The van der Waals surface area contributed by atoms with Gasteiger partial charge in [0.25, 0.3) is 0 Å². The Morgan fingerprint density at radius 1 is 1.21 bits per heavy atom. The number of hydrogen-bond donors (Lipinski definition) is 2. The third-order valence-corrected chi connectivity index (χ3v) is 3.45. The van der Waals surface area contributed by atoms with Crippen LogP contribution >= 0.6 is 0 Å². The number of nitrogens with zero attached hydrogens (tertiary/aromatic N) is 1. The summed E-state index contributed by atoms with van der Waals surface area (Å²) in [5, 5.41) is 18.0. The Hall–Kier alpha value is -2.17. The molecule has 0 amide bonds. The maximum atomic E-state index is 11.3. The van der Waals surface area contributed by atoms with Crippen LogP contribution in [-0.2, 0) is 9.59 Å². The molecule has 0 fully saturated rings. The summed E-state index contributed by atoms with van der Waals surface area (Å²) < 4.78 is 0. The molecule has 5 heteroatoms. The highest BCUT2D eigenvalue weighted by Crippen LogP contribution is 2.34. The number of hydrogen-bond acceptors (Lipinski definition) is 3. The Morgan fingerprint density at radius 3 is 2.63 bits per heavy atom. The number of allylic oxidation sites excluding steroid dienone is 4. The normalized spacial score (nSPS) is 29.7. The van der Waals surface area contributed by atoms with Crippen LogP contribution < -0.4 is 0 Å². The van der Waals surface area contributed by atoms with Crippen LogP contribution in [0.25, 0.3) is 0 Å². The largest absolute Gasteiger partial charge is 0.478 e. The van der Waals surface area contributed by atoms with Crippen molar-refractivity contribution in [2.45, 2.75) is 6.42 Å². The molecular weight excluding hydrogens is 246 g/mol. The Balaban J connectivity index is 2.38. The second-order valence-corrected chi connectivity index (χ2v) is 4.62. The molecule has 5 nitrogen and oxygen atoms in total. The molecule has 3 unspecified atom stereocenters. The van der Waals surface area contributed by atoms with Crippen LogP contribution in [0.5, 0.6) is 0 Å². The molecule has 2 aliphatic rings. The lowest BCUT2D eigenvalue weighted by Gasteiger charge is -2.27. The lowest BCUT2D eigenvalue weighted by molar-refractivity contribution is -0.135. The highest BCUT2D eigenvalue weighted by molar-refractivity contribution is 5.98. The van der Waals surface area contributed by atoms with Gasteiger partial charge in [0.2, 0.25) is 0 Å². The van der Waals surface area contributed by atoms with Crippen LogP contribution in [0, 0.1) is 17.8 Å². The minimum Gasteiger partial charge on any atom is -0.478 e. The van der Waals surface area contributed by atoms with Crippen molar-refractivity contribution in [1.82, 2.24) is 0 Å². The van der Waals surface area contributed by atoms with E-state index in [0.29, 0.717) is 6.54 Å². The molecular formula is C14H15NO4. The number of carboxylic acid groups (broad SMARTS) is 2. The van der Waals surface area contributed by atoms with E-state index in [1.165, 1.54) is 0 Å². The summed E-state index contributed by atoms with van der Waals surface area (Å²) in [4.78, 5) is 26.3. The molecule has 0 radical (unpaired) electrons. The fraction of sp³-hybridized carbons (Fsp3) is 0.357. The van der Waals surface area contributed by atoms with Gasteiger partial charge < -0.3 is 10.2 Å². The molecule has 19 heavy (non-hydrogen) atoms. The van der Waals surface area contributed by atoms with E-state index < -0.39 is 17.9 Å². The highest BCUT2D eigenvalue weighted by Gasteiger charge is 2.33. The van der Waals surface area contributed by atoms with E-state index in [1.807, 2.05) is 24.3 Å². The van der Waals surface area contributed by atoms with Gasteiger partial charge in [0.1, 0.15) is 0 Å². The number of rotatable bonds is 3. The Morgan fingerprint density at radius 2 is 1.95 bits per heavy atom. The molecule has 0 saturated heterocycles. The minimum absolute atomic E-state index is 0.0436. The van der Waals surface area contributed by atoms with E-state index in [1.54, 1.807) is 6.21 Å². The van der Waals surface area contributed by atoms with Crippen LogP contribution in [-0.4, -0.2) is 34.9 Å². The van der Waals surface area contributed by atoms with Crippen molar-refractivity contribution in [3.05, 3.63) is 36.0 Å². The molecule has 0 bridgehead atoms. The van der Waals surface area contributed by atoms with Gasteiger partial charge in [-0.25, -0.2) is 9.59 Å². The van der Waals surface area contributed by atoms with E-state index in [2.05, 4.69) is 4.99 Å². The number of carbonyl (C=O) groups is 2. The summed E-state index contributed by atoms with van der Waals surface area (Å²) in [7, 11) is 0. The molecule has 0 aromatic rings. The maximum absolute atomic E-state index is 11.3. The van der Waals surface area contributed by atoms with E-state index in [-0.39, 0.29) is 17.4 Å². The zero-order valence-corrected chi connectivity index (χ0v) is 10.3. The van der Waals surface area contributed by atoms with E-state index >= 15 is 0 Å². The van der Waals surface area contributed by atoms with Gasteiger partial charge in [0, 0.05) is 24.8 Å². The first-order valence-electron chi connectivity index (χ1n) is 6.12. The average molecular weight is 261 g/mol. The Kier molecular flexibility index (Phi) is 3.94. The molecule has 0 saturated carbocycles. The number of aliphatic imine (C=N–C) groups is 1. The summed E-state index contributed by atoms with van der Waals surface area (Å²) in [5.74, 6) is -2.79. The summed E-state index contributed by atoms with van der Waals surface area (Å²) in [6.45, 7) is 0.635. The van der Waals surface area contributed by atoms with E-state index in [9.17, 15) is 14.7 Å². The van der Waals surface area contributed by atoms with Crippen LogP contribution in [0.1, 0.15) is 6.42 Å². The number of carboxylic acids is 2. The van der Waals surface area contributed by atoms with Gasteiger partial charge in [-0.2, -0.15) is 0 Å². The van der Waals surface area contributed by atoms with Crippen LogP contribution in [0.15, 0.2) is 40.9 Å². The van der Waals surface area contributed by atoms with Gasteiger partial charge in [-0.1, -0.05) is 24.3 Å². The van der Waals surface area contributed by atoms with Gasteiger partial charge >= 0.3 is 11.9 Å². The third kappa shape index (κ3) is 2.99. The van der Waals surface area contributed by atoms with Gasteiger partial charge in [0.15, 0.2) is 0 Å². The second-order valence-electron chi connectivity index (χ2n) is 4.62. The first-order valence-corrected chi connectivity index (χ1v) is 6.12. The lowest BCUT2D eigenvalue weighted by Crippen LogP contribution is -2.27. The van der Waals surface area contributed by atoms with Crippen molar-refractivity contribution in [1.29, 1.82) is 0 Å². The van der Waals surface area contributed by atoms with Crippen molar-refractivity contribution in [3.8, 4) is 0 Å². The average Bonchev–Trinajstić information content (AvgIpc) is 2.57. The Bertz CT molecular complexity index is 502. The highest BCUT2D eigenvalue weighted by atomic mass is 16.4. The smallest absolute Gasteiger partial charge is 0.332 e.